The molecule has 5 nitrogen and oxygen atoms in total. The van der Waals surface area contributed by atoms with Crippen molar-refractivity contribution in [3.8, 4) is 5.88 Å². The Morgan fingerprint density at radius 3 is 2.58 bits per heavy atom. The quantitative estimate of drug-likeness (QED) is 0.429. The predicted molar refractivity (Wildman–Crippen MR) is 112 cm³/mol. The first kappa shape index (κ1) is 22.3. The van der Waals surface area contributed by atoms with Crippen LogP contribution in [-0.4, -0.2) is 20.1 Å². The number of nitrogens with one attached hydrogen (secondary N) is 1. The third kappa shape index (κ3) is 5.21. The van der Waals surface area contributed by atoms with E-state index in [0.717, 1.165) is 17.5 Å². The molecule has 1 unspecified atom stereocenters. The average Bonchev–Trinajstić information content (AvgIpc) is 3.23. The van der Waals surface area contributed by atoms with Crippen LogP contribution in [0.15, 0.2) is 67.1 Å². The van der Waals surface area contributed by atoms with E-state index in [0.29, 0.717) is 22.3 Å². The molecule has 3 heterocycles. The Hall–Kier alpha value is -3.39. The minimum Gasteiger partial charge on any atom is -0.473 e. The van der Waals surface area contributed by atoms with Gasteiger partial charge in [0.05, 0.1) is 5.56 Å². The number of H-pyrrole nitrogens is 1. The maximum absolute atomic E-state index is 12.8. The number of rotatable bonds is 5. The lowest BCUT2D eigenvalue weighted by atomic mass is 10.0. The van der Waals surface area contributed by atoms with Gasteiger partial charge in [-0.3, -0.25) is 0 Å². The van der Waals surface area contributed by atoms with E-state index in [-0.39, 0.29) is 12.5 Å². The summed E-state index contributed by atoms with van der Waals surface area (Å²) in [6.45, 7) is 3.95. The Morgan fingerprint density at radius 2 is 1.87 bits per heavy atom. The summed E-state index contributed by atoms with van der Waals surface area (Å²) in [5, 5.41) is 11.5. The molecule has 162 valence electrons. The number of aromatic nitrogens is 3. The summed E-state index contributed by atoms with van der Waals surface area (Å²) in [7, 11) is 0. The summed E-state index contributed by atoms with van der Waals surface area (Å²) in [4.78, 5) is 11.3. The second-order valence-electron chi connectivity index (χ2n) is 6.46. The third-order valence-corrected chi connectivity index (χ3v) is 4.49. The van der Waals surface area contributed by atoms with Gasteiger partial charge in [0.15, 0.2) is 0 Å². The molecule has 0 saturated carbocycles. The van der Waals surface area contributed by atoms with Crippen LogP contribution < -0.4 is 4.74 Å². The highest BCUT2D eigenvalue weighted by atomic mass is 19.4. The van der Waals surface area contributed by atoms with Crippen molar-refractivity contribution in [3.05, 3.63) is 89.4 Å². The van der Waals surface area contributed by atoms with Gasteiger partial charge in [0, 0.05) is 41.2 Å². The number of aliphatic hydroxyl groups excluding tert-OH is 1. The summed E-state index contributed by atoms with van der Waals surface area (Å²) in [6, 6.07) is 11.8. The van der Waals surface area contributed by atoms with Crippen LogP contribution in [0.25, 0.3) is 11.0 Å². The largest absolute Gasteiger partial charge is 0.473 e. The van der Waals surface area contributed by atoms with E-state index in [4.69, 9.17) is 4.74 Å². The highest BCUT2D eigenvalue weighted by Gasteiger charge is 2.30. The smallest absolute Gasteiger partial charge is 0.416 e. The number of fused-ring (bicyclic) bond motifs is 1. The van der Waals surface area contributed by atoms with Gasteiger partial charge in [-0.15, -0.1) is 0 Å². The van der Waals surface area contributed by atoms with E-state index in [9.17, 15) is 18.3 Å². The topological polar surface area (TPSA) is 71.0 Å². The van der Waals surface area contributed by atoms with Crippen LogP contribution in [-0.2, 0) is 12.8 Å². The first-order chi connectivity index (χ1) is 14.9. The molecule has 2 N–H and O–H groups in total. The maximum atomic E-state index is 12.8. The minimum absolute atomic E-state index is 0.0487. The summed E-state index contributed by atoms with van der Waals surface area (Å²) < 4.78 is 43.8. The summed E-state index contributed by atoms with van der Waals surface area (Å²) in [6.07, 6.45) is -0.475. The number of hydrogen-bond acceptors (Lipinski definition) is 4. The molecule has 0 amide bonds. The molecule has 4 rings (SSSR count). The Morgan fingerprint density at radius 1 is 1.06 bits per heavy atom. The Labute approximate surface area is 177 Å². The van der Waals surface area contributed by atoms with Gasteiger partial charge in [0.2, 0.25) is 5.88 Å². The van der Waals surface area contributed by atoms with Crippen LogP contribution in [0.2, 0.25) is 0 Å². The molecule has 8 heteroatoms. The van der Waals surface area contributed by atoms with Crippen molar-refractivity contribution in [2.24, 2.45) is 0 Å². The second-order valence-corrected chi connectivity index (χ2v) is 6.46. The van der Waals surface area contributed by atoms with Gasteiger partial charge in [-0.05, 0) is 35.9 Å². The van der Waals surface area contributed by atoms with E-state index < -0.39 is 17.8 Å². The number of halogens is 3. The molecule has 3 aromatic heterocycles. The fourth-order valence-corrected chi connectivity index (χ4v) is 3.02. The third-order valence-electron chi connectivity index (χ3n) is 4.49. The monoisotopic (exact) mass is 429 g/mol. The molecule has 0 aliphatic carbocycles. The Bertz CT molecular complexity index is 1120. The Balaban J connectivity index is 0.00000132. The number of ether oxygens (including phenoxy) is 1. The summed E-state index contributed by atoms with van der Waals surface area (Å²) in [5.74, 6) is 0.249. The second kappa shape index (κ2) is 9.61. The van der Waals surface area contributed by atoms with Gasteiger partial charge in [-0.25, -0.2) is 9.97 Å². The van der Waals surface area contributed by atoms with Crippen LogP contribution in [0.1, 0.15) is 42.2 Å². The van der Waals surface area contributed by atoms with E-state index in [1.807, 2.05) is 19.9 Å². The normalized spacial score (nSPS) is 12.2. The van der Waals surface area contributed by atoms with E-state index in [1.54, 1.807) is 36.7 Å². The molecule has 0 aliphatic heterocycles. The van der Waals surface area contributed by atoms with Crippen molar-refractivity contribution in [3.63, 3.8) is 0 Å². The molecular weight excluding hydrogens is 407 g/mol. The van der Waals surface area contributed by atoms with Crippen LogP contribution in [0.5, 0.6) is 5.88 Å². The fraction of sp³-hybridized carbons (Fsp3) is 0.217. The summed E-state index contributed by atoms with van der Waals surface area (Å²) >= 11 is 0. The first-order valence-corrected chi connectivity index (χ1v) is 9.77. The number of aliphatic hydroxyl groups is 1. The molecule has 0 fully saturated rings. The van der Waals surface area contributed by atoms with E-state index >= 15 is 0 Å². The van der Waals surface area contributed by atoms with Crippen molar-refractivity contribution < 1.29 is 23.0 Å². The van der Waals surface area contributed by atoms with Crippen LogP contribution in [0, 0.1) is 0 Å². The van der Waals surface area contributed by atoms with Crippen LogP contribution in [0.3, 0.4) is 0 Å². The van der Waals surface area contributed by atoms with Gasteiger partial charge < -0.3 is 14.8 Å². The van der Waals surface area contributed by atoms with Crippen molar-refractivity contribution >= 4 is 11.0 Å². The molecular formula is C23H22F3N3O2. The molecule has 31 heavy (non-hydrogen) atoms. The average molecular weight is 429 g/mol. The van der Waals surface area contributed by atoms with Gasteiger partial charge in [0.25, 0.3) is 0 Å². The number of hydrogen-bond donors (Lipinski definition) is 2. The van der Waals surface area contributed by atoms with Crippen LogP contribution >= 0.6 is 0 Å². The highest BCUT2D eigenvalue weighted by Crippen LogP contribution is 2.30. The summed E-state index contributed by atoms with van der Waals surface area (Å²) in [5.41, 5.74) is 1.57. The molecule has 4 aromatic rings. The molecule has 0 saturated heterocycles. The molecule has 0 aliphatic rings. The van der Waals surface area contributed by atoms with Crippen molar-refractivity contribution in [1.82, 2.24) is 15.0 Å². The van der Waals surface area contributed by atoms with E-state index in [1.165, 1.54) is 12.3 Å². The zero-order valence-corrected chi connectivity index (χ0v) is 17.0. The molecule has 0 bridgehead atoms. The van der Waals surface area contributed by atoms with Gasteiger partial charge in [-0.2, -0.15) is 13.2 Å². The lowest BCUT2D eigenvalue weighted by Crippen LogP contribution is -2.06. The zero-order chi connectivity index (χ0) is 22.4. The number of nitrogens with zero attached hydrogens (tertiary/aromatic N) is 2. The minimum atomic E-state index is -4.40. The number of pyridine rings is 2. The highest BCUT2D eigenvalue weighted by molar-refractivity contribution is 5.80. The van der Waals surface area contributed by atoms with Crippen LogP contribution in [0.4, 0.5) is 13.2 Å². The lowest BCUT2D eigenvalue weighted by molar-refractivity contribution is -0.137. The van der Waals surface area contributed by atoms with E-state index in [2.05, 4.69) is 15.0 Å². The number of alkyl halides is 3. The van der Waals surface area contributed by atoms with Crippen molar-refractivity contribution in [2.45, 2.75) is 32.7 Å². The molecule has 1 atom stereocenters. The van der Waals surface area contributed by atoms with Crippen molar-refractivity contribution in [2.75, 3.05) is 0 Å². The van der Waals surface area contributed by atoms with Gasteiger partial charge >= 0.3 is 6.18 Å². The molecule has 1 aromatic carbocycles. The molecule has 0 radical (unpaired) electrons. The number of aromatic amines is 1. The predicted octanol–water partition coefficient (Wildman–Crippen LogP) is 5.66. The maximum Gasteiger partial charge on any atom is 0.416 e. The SMILES string of the molecule is CC.OC(c1ccc(OCc2cccc(C(F)(F)F)c2)nc1)c1c[nH]c2ncccc12. The Kier molecular flexibility index (Phi) is 6.91. The van der Waals surface area contributed by atoms with Crippen molar-refractivity contribution in [1.29, 1.82) is 0 Å². The zero-order valence-electron chi connectivity index (χ0n) is 17.0. The van der Waals surface area contributed by atoms with Gasteiger partial charge in [0.1, 0.15) is 18.4 Å². The first-order valence-electron chi connectivity index (χ1n) is 9.77. The molecule has 0 spiro atoms. The fourth-order valence-electron chi connectivity index (χ4n) is 3.02. The lowest BCUT2D eigenvalue weighted by Gasteiger charge is -2.12. The van der Waals surface area contributed by atoms with Gasteiger partial charge in [-0.1, -0.05) is 26.0 Å². The number of benzene rings is 1. The standard InChI is InChI=1S/C21H16F3N3O2.C2H6/c22-21(23,24)15-4-1-3-13(9-15)12-29-18-7-6-14(10-26-18)19(28)17-11-27-20-16(17)5-2-8-25-20;1-2/h1-11,19,28H,12H2,(H,25,27);1-2H3.